The summed E-state index contributed by atoms with van der Waals surface area (Å²) in [6, 6.07) is 5.95. The van der Waals surface area contributed by atoms with Gasteiger partial charge >= 0.3 is 0 Å². The molecule has 1 aromatic carbocycles. The molecule has 0 saturated carbocycles. The number of allylic oxidation sites excluding steroid dienone is 1. The molecule has 0 atom stereocenters. The van der Waals surface area contributed by atoms with Crippen LogP contribution >= 0.6 is 0 Å². The topological polar surface area (TPSA) is 23.8 Å². The lowest BCUT2D eigenvalue weighted by atomic mass is 9.96. The largest absolute Gasteiger partial charge is 0.192 e. The minimum absolute atomic E-state index is 0.709. The Morgan fingerprint density at radius 1 is 1.38 bits per heavy atom. The first-order valence-corrected chi connectivity index (χ1v) is 4.23. The summed E-state index contributed by atoms with van der Waals surface area (Å²) in [5.41, 5.74) is 5.18. The minimum atomic E-state index is 0.709. The predicted octanol–water partition coefficient (Wildman–Crippen LogP) is 3.21. The molecule has 0 aliphatic heterocycles. The third-order valence-corrected chi connectivity index (χ3v) is 2.26. The van der Waals surface area contributed by atoms with Crippen LogP contribution in [0.4, 0.5) is 0 Å². The minimum Gasteiger partial charge on any atom is -0.192 e. The molecule has 1 rings (SSSR count). The third-order valence-electron chi connectivity index (χ3n) is 2.26. The van der Waals surface area contributed by atoms with Gasteiger partial charge in [-0.1, -0.05) is 12.2 Å². The van der Waals surface area contributed by atoms with Crippen molar-refractivity contribution in [1.82, 2.24) is 0 Å². The number of rotatable bonds is 1. The molecule has 1 nitrogen and oxygen atoms in total. The number of nitrogens with zero attached hydrogens (tertiary/aromatic N) is 1. The lowest BCUT2D eigenvalue weighted by Crippen LogP contribution is -1.91. The smallest absolute Gasteiger partial charge is 0.0991 e. The molecule has 1 heteroatoms. The van der Waals surface area contributed by atoms with Crippen molar-refractivity contribution in [2.45, 2.75) is 20.8 Å². The number of nitriles is 1. The van der Waals surface area contributed by atoms with E-state index in [1.54, 1.807) is 0 Å². The fourth-order valence-electron chi connectivity index (χ4n) is 1.37. The zero-order valence-corrected chi connectivity index (χ0v) is 8.31. The highest BCUT2D eigenvalue weighted by Gasteiger charge is 2.04. The molecule has 0 radical (unpaired) electrons. The predicted molar refractivity (Wildman–Crippen MR) is 55.3 cm³/mol. The molecule has 0 aliphatic carbocycles. The molecule has 66 valence electrons. The van der Waals surface area contributed by atoms with Crippen LogP contribution in [0, 0.1) is 25.2 Å². The standard InChI is InChI=1S/C12H13N/c1-8(2)12-6-11(7-13)5-9(3)10(12)4/h5-6H,1H2,2-4H3. The van der Waals surface area contributed by atoms with E-state index in [0.29, 0.717) is 5.56 Å². The maximum Gasteiger partial charge on any atom is 0.0991 e. The monoisotopic (exact) mass is 171 g/mol. The summed E-state index contributed by atoms with van der Waals surface area (Å²) >= 11 is 0. The van der Waals surface area contributed by atoms with Gasteiger partial charge in [0.15, 0.2) is 0 Å². The zero-order chi connectivity index (χ0) is 10.0. The second-order valence-corrected chi connectivity index (χ2v) is 3.36. The number of hydrogen-bond donors (Lipinski definition) is 0. The highest BCUT2D eigenvalue weighted by atomic mass is 14.2. The maximum absolute atomic E-state index is 8.78. The van der Waals surface area contributed by atoms with Gasteiger partial charge in [-0.2, -0.15) is 5.26 Å². The van der Waals surface area contributed by atoms with Crippen LogP contribution in [0.2, 0.25) is 0 Å². The van der Waals surface area contributed by atoms with Gasteiger partial charge in [0.25, 0.3) is 0 Å². The van der Waals surface area contributed by atoms with Crippen LogP contribution in [-0.4, -0.2) is 0 Å². The van der Waals surface area contributed by atoms with E-state index in [4.69, 9.17) is 5.26 Å². The summed E-state index contributed by atoms with van der Waals surface area (Å²) in [4.78, 5) is 0. The molecule has 0 amide bonds. The van der Waals surface area contributed by atoms with Crippen LogP contribution in [0.25, 0.3) is 5.57 Å². The van der Waals surface area contributed by atoms with E-state index in [1.807, 2.05) is 26.0 Å². The molecular formula is C12H13N. The number of hydrogen-bond acceptors (Lipinski definition) is 1. The number of benzene rings is 1. The molecule has 1 aromatic rings. The highest BCUT2D eigenvalue weighted by molar-refractivity contribution is 5.67. The molecule has 0 fully saturated rings. The molecule has 0 N–H and O–H groups in total. The zero-order valence-electron chi connectivity index (χ0n) is 8.31. The van der Waals surface area contributed by atoms with E-state index >= 15 is 0 Å². The van der Waals surface area contributed by atoms with Crippen LogP contribution in [-0.2, 0) is 0 Å². The summed E-state index contributed by atoms with van der Waals surface area (Å²) in [6.45, 7) is 9.93. The van der Waals surface area contributed by atoms with E-state index in [9.17, 15) is 0 Å². The summed E-state index contributed by atoms with van der Waals surface area (Å²) in [7, 11) is 0. The summed E-state index contributed by atoms with van der Waals surface area (Å²) in [5, 5.41) is 8.78. The molecule has 0 bridgehead atoms. The molecule has 0 heterocycles. The average Bonchev–Trinajstić information content (AvgIpc) is 2.09. The fraction of sp³-hybridized carbons (Fsp3) is 0.250. The van der Waals surface area contributed by atoms with Crippen LogP contribution in [0.1, 0.15) is 29.2 Å². The molecule has 0 aromatic heterocycles. The first kappa shape index (κ1) is 9.54. The van der Waals surface area contributed by atoms with Gasteiger partial charge < -0.3 is 0 Å². The van der Waals surface area contributed by atoms with E-state index in [1.165, 1.54) is 5.56 Å². The third kappa shape index (κ3) is 1.78. The quantitative estimate of drug-likeness (QED) is 0.636. The van der Waals surface area contributed by atoms with Gasteiger partial charge in [0, 0.05) is 0 Å². The molecule has 0 saturated heterocycles. The summed E-state index contributed by atoms with van der Waals surface area (Å²) < 4.78 is 0. The summed E-state index contributed by atoms with van der Waals surface area (Å²) in [6.07, 6.45) is 0. The lowest BCUT2D eigenvalue weighted by Gasteiger charge is -2.08. The van der Waals surface area contributed by atoms with E-state index in [0.717, 1.165) is 16.7 Å². The lowest BCUT2D eigenvalue weighted by molar-refractivity contribution is 1.29. The fourth-order valence-corrected chi connectivity index (χ4v) is 1.37. The second kappa shape index (κ2) is 3.45. The van der Waals surface area contributed by atoms with Gasteiger partial charge in [0.1, 0.15) is 0 Å². The SMILES string of the molecule is C=C(C)c1cc(C#N)cc(C)c1C. The molecule has 0 unspecified atom stereocenters. The molecular weight excluding hydrogens is 158 g/mol. The van der Waals surface area contributed by atoms with Crippen molar-refractivity contribution in [3.63, 3.8) is 0 Å². The highest BCUT2D eigenvalue weighted by Crippen LogP contribution is 2.21. The van der Waals surface area contributed by atoms with Crippen LogP contribution in [0.3, 0.4) is 0 Å². The Kier molecular flexibility index (Phi) is 2.53. The Labute approximate surface area is 79.3 Å². The Balaban J connectivity index is 3.44. The van der Waals surface area contributed by atoms with Crippen molar-refractivity contribution in [3.8, 4) is 6.07 Å². The van der Waals surface area contributed by atoms with Crippen LogP contribution in [0.15, 0.2) is 18.7 Å². The van der Waals surface area contributed by atoms with Crippen molar-refractivity contribution in [1.29, 1.82) is 5.26 Å². The summed E-state index contributed by atoms with van der Waals surface area (Å²) in [5.74, 6) is 0. The van der Waals surface area contributed by atoms with Crippen LogP contribution in [0.5, 0.6) is 0 Å². The Hall–Kier alpha value is -1.55. The van der Waals surface area contributed by atoms with Crippen molar-refractivity contribution in [2.75, 3.05) is 0 Å². The van der Waals surface area contributed by atoms with Gasteiger partial charge in [0.05, 0.1) is 11.6 Å². The normalized spacial score (nSPS) is 9.38. The first-order valence-electron chi connectivity index (χ1n) is 4.23. The molecule has 0 spiro atoms. The van der Waals surface area contributed by atoms with Gasteiger partial charge in [-0.05, 0) is 49.6 Å². The van der Waals surface area contributed by atoms with Crippen molar-refractivity contribution < 1.29 is 0 Å². The maximum atomic E-state index is 8.78. The van der Waals surface area contributed by atoms with Crippen molar-refractivity contribution in [2.24, 2.45) is 0 Å². The Bertz CT molecular complexity index is 394. The number of aryl methyl sites for hydroxylation is 1. The Morgan fingerprint density at radius 2 is 2.00 bits per heavy atom. The average molecular weight is 171 g/mol. The van der Waals surface area contributed by atoms with Crippen molar-refractivity contribution >= 4 is 5.57 Å². The van der Waals surface area contributed by atoms with Crippen molar-refractivity contribution in [3.05, 3.63) is 41.0 Å². The van der Waals surface area contributed by atoms with E-state index in [-0.39, 0.29) is 0 Å². The van der Waals surface area contributed by atoms with Crippen LogP contribution < -0.4 is 0 Å². The second-order valence-electron chi connectivity index (χ2n) is 3.36. The van der Waals surface area contributed by atoms with Gasteiger partial charge in [-0.25, -0.2) is 0 Å². The van der Waals surface area contributed by atoms with E-state index in [2.05, 4.69) is 19.6 Å². The molecule has 0 aliphatic rings. The first-order chi connectivity index (χ1) is 6.06. The van der Waals surface area contributed by atoms with Gasteiger partial charge in [-0.3, -0.25) is 0 Å². The van der Waals surface area contributed by atoms with E-state index < -0.39 is 0 Å². The Morgan fingerprint density at radius 3 is 2.46 bits per heavy atom. The van der Waals surface area contributed by atoms with Gasteiger partial charge in [0.2, 0.25) is 0 Å². The van der Waals surface area contributed by atoms with Gasteiger partial charge in [-0.15, -0.1) is 0 Å². The molecule has 13 heavy (non-hydrogen) atoms.